The summed E-state index contributed by atoms with van der Waals surface area (Å²) in [4.78, 5) is 36.0. The van der Waals surface area contributed by atoms with Crippen LogP contribution < -0.4 is 0 Å². The van der Waals surface area contributed by atoms with Gasteiger partial charge in [0, 0.05) is 33.1 Å². The third-order valence-corrected chi connectivity index (χ3v) is 5.56. The van der Waals surface area contributed by atoms with Gasteiger partial charge in [0.05, 0.1) is 5.41 Å². The van der Waals surface area contributed by atoms with Gasteiger partial charge in [-0.2, -0.15) is 0 Å². The summed E-state index contributed by atoms with van der Waals surface area (Å²) >= 11 is 0. The van der Waals surface area contributed by atoms with Crippen LogP contribution in [0.2, 0.25) is 0 Å². The Morgan fingerprint density at radius 3 is 1.44 bits per heavy atom. The summed E-state index contributed by atoms with van der Waals surface area (Å²) in [6.07, 6.45) is 3.68. The average Bonchev–Trinajstić information content (AvgIpc) is 2.30. The molecule has 2 atom stereocenters. The molecule has 0 heterocycles. The predicted molar refractivity (Wildman–Crippen MR) is 88.5 cm³/mol. The van der Waals surface area contributed by atoms with E-state index in [-0.39, 0.29) is 23.8 Å². The van der Waals surface area contributed by atoms with Gasteiger partial charge in [-0.05, 0) is 46.0 Å². The van der Waals surface area contributed by atoms with E-state index in [1.165, 1.54) is 13.8 Å². The maximum Gasteiger partial charge on any atom is 0.311 e. The second-order valence-electron chi connectivity index (χ2n) is 9.38. The molecule has 0 N–H and O–H groups in total. The lowest BCUT2D eigenvalue weighted by Gasteiger charge is -2.63. The van der Waals surface area contributed by atoms with Crippen molar-refractivity contribution in [2.75, 3.05) is 0 Å². The number of hydrogen-bond acceptors (Lipinski definition) is 6. The van der Waals surface area contributed by atoms with Crippen LogP contribution in [0.1, 0.15) is 73.1 Å². The van der Waals surface area contributed by atoms with Crippen LogP contribution in [0, 0.1) is 11.3 Å². The largest absolute Gasteiger partial charge is 0.459 e. The standard InChI is InChI=1S/C19H28O6/c1-12(20)23-17-6-14-7-18(9-17,24-13(2)21)11-19(8-14,10-17)25-15(22)16(3,4)5/h14H,6-11H2,1-5H3. The number of hydrogen-bond donors (Lipinski definition) is 0. The van der Waals surface area contributed by atoms with Crippen molar-refractivity contribution in [3.63, 3.8) is 0 Å². The van der Waals surface area contributed by atoms with E-state index in [0.29, 0.717) is 19.3 Å². The Labute approximate surface area is 148 Å². The highest BCUT2D eigenvalue weighted by Gasteiger charge is 2.68. The van der Waals surface area contributed by atoms with E-state index in [0.717, 1.165) is 19.3 Å². The highest BCUT2D eigenvalue weighted by molar-refractivity contribution is 5.76. The zero-order valence-corrected chi connectivity index (χ0v) is 15.8. The Bertz CT molecular complexity index is 584. The molecule has 4 bridgehead atoms. The fourth-order valence-electron chi connectivity index (χ4n) is 5.48. The molecule has 25 heavy (non-hydrogen) atoms. The van der Waals surface area contributed by atoms with Crippen molar-refractivity contribution >= 4 is 17.9 Å². The van der Waals surface area contributed by atoms with Crippen molar-refractivity contribution < 1.29 is 28.6 Å². The number of esters is 3. The van der Waals surface area contributed by atoms with E-state index in [2.05, 4.69) is 0 Å². The summed E-state index contributed by atoms with van der Waals surface area (Å²) < 4.78 is 17.5. The molecule has 4 fully saturated rings. The Kier molecular flexibility index (Phi) is 3.97. The average molecular weight is 352 g/mol. The number of carbonyl (C=O) groups is 3. The van der Waals surface area contributed by atoms with E-state index in [1.807, 2.05) is 20.8 Å². The first-order chi connectivity index (χ1) is 11.4. The minimum Gasteiger partial charge on any atom is -0.459 e. The molecule has 140 valence electrons. The highest BCUT2D eigenvalue weighted by Crippen LogP contribution is 2.63. The molecular formula is C19H28O6. The molecule has 4 aliphatic rings. The third-order valence-electron chi connectivity index (χ3n) is 5.56. The Morgan fingerprint density at radius 1 is 0.760 bits per heavy atom. The van der Waals surface area contributed by atoms with Crippen LogP contribution in [0.5, 0.6) is 0 Å². The van der Waals surface area contributed by atoms with Gasteiger partial charge < -0.3 is 14.2 Å². The molecule has 2 unspecified atom stereocenters. The van der Waals surface area contributed by atoms with Crippen LogP contribution in [0.3, 0.4) is 0 Å². The smallest absolute Gasteiger partial charge is 0.311 e. The molecule has 6 nitrogen and oxygen atoms in total. The molecule has 0 aromatic rings. The lowest BCUT2D eigenvalue weighted by atomic mass is 9.50. The topological polar surface area (TPSA) is 78.9 Å². The number of ether oxygens (including phenoxy) is 3. The van der Waals surface area contributed by atoms with Crippen LogP contribution in [0.15, 0.2) is 0 Å². The fourth-order valence-corrected chi connectivity index (χ4v) is 5.48. The lowest BCUT2D eigenvalue weighted by molar-refractivity contribution is -0.273. The molecule has 0 amide bonds. The molecule has 0 saturated heterocycles. The molecule has 0 radical (unpaired) electrons. The van der Waals surface area contributed by atoms with Crippen LogP contribution in [-0.4, -0.2) is 34.7 Å². The van der Waals surface area contributed by atoms with Gasteiger partial charge in [0.25, 0.3) is 0 Å². The van der Waals surface area contributed by atoms with Crippen molar-refractivity contribution in [3.05, 3.63) is 0 Å². The number of carbonyl (C=O) groups excluding carboxylic acids is 3. The van der Waals surface area contributed by atoms with E-state index < -0.39 is 22.2 Å². The Balaban J connectivity index is 1.95. The normalized spacial score (nSPS) is 39.0. The van der Waals surface area contributed by atoms with Gasteiger partial charge in [-0.15, -0.1) is 0 Å². The summed E-state index contributed by atoms with van der Waals surface area (Å²) in [7, 11) is 0. The maximum absolute atomic E-state index is 12.6. The minimum absolute atomic E-state index is 0.211. The van der Waals surface area contributed by atoms with Crippen molar-refractivity contribution in [1.29, 1.82) is 0 Å². The van der Waals surface area contributed by atoms with Crippen molar-refractivity contribution in [1.82, 2.24) is 0 Å². The summed E-state index contributed by atoms with van der Waals surface area (Å²) in [6, 6.07) is 0. The van der Waals surface area contributed by atoms with Crippen LogP contribution in [-0.2, 0) is 28.6 Å². The second-order valence-corrected chi connectivity index (χ2v) is 9.38. The van der Waals surface area contributed by atoms with Gasteiger partial charge in [-0.3, -0.25) is 14.4 Å². The lowest BCUT2D eigenvalue weighted by Crippen LogP contribution is -2.69. The van der Waals surface area contributed by atoms with E-state index in [4.69, 9.17) is 14.2 Å². The second kappa shape index (κ2) is 5.45. The van der Waals surface area contributed by atoms with E-state index >= 15 is 0 Å². The van der Waals surface area contributed by atoms with E-state index in [1.54, 1.807) is 0 Å². The van der Waals surface area contributed by atoms with Crippen molar-refractivity contribution in [2.45, 2.75) is 89.9 Å². The summed E-state index contributed by atoms with van der Waals surface area (Å²) in [6.45, 7) is 8.24. The highest BCUT2D eigenvalue weighted by atomic mass is 16.6. The van der Waals surface area contributed by atoms with Gasteiger partial charge in [0.2, 0.25) is 0 Å². The fraction of sp³-hybridized carbons (Fsp3) is 0.842. The monoisotopic (exact) mass is 352 g/mol. The molecule has 0 spiro atoms. The van der Waals surface area contributed by atoms with E-state index in [9.17, 15) is 14.4 Å². The van der Waals surface area contributed by atoms with Gasteiger partial charge >= 0.3 is 17.9 Å². The van der Waals surface area contributed by atoms with Crippen molar-refractivity contribution in [3.8, 4) is 0 Å². The van der Waals surface area contributed by atoms with Crippen LogP contribution in [0.4, 0.5) is 0 Å². The SMILES string of the molecule is CC(=O)OC12CC3CC(OC(C)=O)(C1)CC(OC(=O)C(C)(C)C)(C3)C2. The summed E-state index contributed by atoms with van der Waals surface area (Å²) in [5.41, 5.74) is -2.76. The Morgan fingerprint density at radius 2 is 1.12 bits per heavy atom. The molecule has 6 heteroatoms. The summed E-state index contributed by atoms with van der Waals surface area (Å²) in [5, 5.41) is 0. The zero-order chi connectivity index (χ0) is 18.7. The van der Waals surface area contributed by atoms with Crippen LogP contribution >= 0.6 is 0 Å². The van der Waals surface area contributed by atoms with Gasteiger partial charge in [-0.25, -0.2) is 0 Å². The van der Waals surface area contributed by atoms with Crippen LogP contribution in [0.25, 0.3) is 0 Å². The quantitative estimate of drug-likeness (QED) is 0.574. The first kappa shape index (κ1) is 18.2. The first-order valence-electron chi connectivity index (χ1n) is 8.99. The van der Waals surface area contributed by atoms with Gasteiger partial charge in [0.15, 0.2) is 0 Å². The number of rotatable bonds is 3. The zero-order valence-electron chi connectivity index (χ0n) is 15.8. The molecule has 0 aliphatic heterocycles. The van der Waals surface area contributed by atoms with Crippen molar-refractivity contribution in [2.24, 2.45) is 11.3 Å². The van der Waals surface area contributed by atoms with Gasteiger partial charge in [-0.1, -0.05) is 0 Å². The molecule has 0 aromatic carbocycles. The molecular weight excluding hydrogens is 324 g/mol. The summed E-state index contributed by atoms with van der Waals surface area (Å²) in [5.74, 6) is -0.762. The first-order valence-corrected chi connectivity index (χ1v) is 8.99. The van der Waals surface area contributed by atoms with Gasteiger partial charge in [0.1, 0.15) is 16.8 Å². The molecule has 4 saturated carbocycles. The molecule has 0 aromatic heterocycles. The molecule has 4 rings (SSSR count). The third kappa shape index (κ3) is 3.40. The predicted octanol–water partition coefficient (Wildman–Crippen LogP) is 2.92. The maximum atomic E-state index is 12.6. The molecule has 4 aliphatic carbocycles. The Hall–Kier alpha value is -1.59. The minimum atomic E-state index is -0.728.